The van der Waals surface area contributed by atoms with Gasteiger partial charge in [-0.3, -0.25) is 20.4 Å². The van der Waals surface area contributed by atoms with Crippen LogP contribution in [0.5, 0.6) is 0 Å². The van der Waals surface area contributed by atoms with E-state index in [2.05, 4.69) is 21.2 Å². The lowest BCUT2D eigenvalue weighted by Gasteiger charge is -2.07. The third-order valence-corrected chi connectivity index (χ3v) is 3.65. The quantitative estimate of drug-likeness (QED) is 0.558. The van der Waals surface area contributed by atoms with Crippen molar-refractivity contribution in [3.05, 3.63) is 53.1 Å². The van der Waals surface area contributed by atoms with Gasteiger partial charge in [0.05, 0.1) is 11.3 Å². The highest BCUT2D eigenvalue weighted by Crippen LogP contribution is 2.29. The maximum Gasteiger partial charge on any atom is 0.416 e. The van der Waals surface area contributed by atoms with Crippen LogP contribution < -0.4 is 16.2 Å². The van der Waals surface area contributed by atoms with Gasteiger partial charge in [-0.15, -0.1) is 11.3 Å². The number of aromatic nitrogens is 1. The second-order valence-corrected chi connectivity index (χ2v) is 5.66. The van der Waals surface area contributed by atoms with Crippen molar-refractivity contribution in [2.45, 2.75) is 13.1 Å². The molecule has 3 N–H and O–H groups in total. The molecule has 0 unspecified atom stereocenters. The summed E-state index contributed by atoms with van der Waals surface area (Å²) in [6.07, 6.45) is -2.50. The molecule has 0 aliphatic carbocycles. The summed E-state index contributed by atoms with van der Waals surface area (Å²) in [4.78, 5) is 27.3. The Hall–Kier alpha value is -2.88. The van der Waals surface area contributed by atoms with Gasteiger partial charge in [-0.2, -0.15) is 13.2 Å². The monoisotopic (exact) mass is 370 g/mol. The molecular weight excluding hydrogens is 357 g/mol. The minimum absolute atomic E-state index is 0.180. The van der Waals surface area contributed by atoms with E-state index in [1.54, 1.807) is 12.3 Å². The van der Waals surface area contributed by atoms with Crippen LogP contribution in [0.2, 0.25) is 0 Å². The molecule has 2 aromatic rings. The van der Waals surface area contributed by atoms with Crippen LogP contribution in [0, 0.1) is 6.92 Å². The van der Waals surface area contributed by atoms with Crippen LogP contribution in [0.15, 0.2) is 41.8 Å². The Bertz CT molecular complexity index is 785. The van der Waals surface area contributed by atoms with Crippen LogP contribution in [0.4, 0.5) is 24.0 Å². The number of nitrogens with one attached hydrogen (secondary N) is 3. The summed E-state index contributed by atoms with van der Waals surface area (Å²) in [6.45, 7) is 1.80. The topological polar surface area (TPSA) is 83.1 Å². The number of alkyl halides is 3. The number of rotatable bonds is 5. The van der Waals surface area contributed by atoms with Gasteiger partial charge in [-0.05, 0) is 31.2 Å². The number of aryl methyl sites for hydroxylation is 1. The van der Waals surface area contributed by atoms with Crippen molar-refractivity contribution >= 4 is 34.0 Å². The number of hydrogen-bond acceptors (Lipinski definition) is 5. The van der Waals surface area contributed by atoms with Gasteiger partial charge in [-0.1, -0.05) is 0 Å². The molecule has 0 spiro atoms. The first-order valence-electron chi connectivity index (χ1n) is 6.88. The van der Waals surface area contributed by atoms with Crippen LogP contribution in [-0.2, 0) is 15.8 Å². The van der Waals surface area contributed by atoms with Crippen molar-refractivity contribution in [3.63, 3.8) is 0 Å². The van der Waals surface area contributed by atoms with Gasteiger partial charge in [0, 0.05) is 23.2 Å². The maximum absolute atomic E-state index is 12.4. The molecule has 0 atom stereocenters. The predicted molar refractivity (Wildman–Crippen MR) is 87.8 cm³/mol. The first kappa shape index (κ1) is 18.5. The van der Waals surface area contributed by atoms with Crippen LogP contribution in [0.1, 0.15) is 11.3 Å². The van der Waals surface area contributed by atoms with Gasteiger partial charge in [-0.25, -0.2) is 4.98 Å². The number of hydrogen-bond donors (Lipinski definition) is 3. The molecule has 0 saturated carbocycles. The van der Waals surface area contributed by atoms with E-state index < -0.39 is 23.6 Å². The fraction of sp³-hybridized carbons (Fsp3) is 0.133. The fourth-order valence-corrected chi connectivity index (χ4v) is 2.29. The number of benzene rings is 1. The number of carbonyl (C=O) groups excluding carboxylic acids is 2. The number of carbonyl (C=O) groups is 2. The zero-order valence-corrected chi connectivity index (χ0v) is 13.7. The van der Waals surface area contributed by atoms with E-state index in [9.17, 15) is 22.8 Å². The summed E-state index contributed by atoms with van der Waals surface area (Å²) in [5.74, 6) is -1.24. The van der Waals surface area contributed by atoms with Crippen LogP contribution in [0.3, 0.4) is 0 Å². The molecule has 1 aromatic carbocycles. The SMILES string of the molecule is Cc1csc(NNC(=O)/C=C/C(=O)Nc2ccc(C(F)(F)F)cc2)n1. The largest absolute Gasteiger partial charge is 0.416 e. The predicted octanol–water partition coefficient (Wildman–Crippen LogP) is 3.11. The number of amides is 2. The Morgan fingerprint density at radius 1 is 1.12 bits per heavy atom. The molecule has 10 heteroatoms. The van der Waals surface area contributed by atoms with E-state index in [1.807, 2.05) is 0 Å². The van der Waals surface area contributed by atoms with Gasteiger partial charge in [0.25, 0.3) is 5.91 Å². The summed E-state index contributed by atoms with van der Waals surface area (Å²) >= 11 is 1.30. The van der Waals surface area contributed by atoms with E-state index in [-0.39, 0.29) is 5.69 Å². The Morgan fingerprint density at radius 3 is 2.32 bits per heavy atom. The van der Waals surface area contributed by atoms with Crippen LogP contribution >= 0.6 is 11.3 Å². The van der Waals surface area contributed by atoms with Crippen molar-refractivity contribution < 1.29 is 22.8 Å². The third-order valence-electron chi connectivity index (χ3n) is 2.78. The van der Waals surface area contributed by atoms with Crippen molar-refractivity contribution in [1.29, 1.82) is 0 Å². The number of anilines is 2. The second kappa shape index (κ2) is 7.79. The number of nitrogens with zero attached hydrogens (tertiary/aromatic N) is 1. The highest BCUT2D eigenvalue weighted by Gasteiger charge is 2.29. The highest BCUT2D eigenvalue weighted by molar-refractivity contribution is 7.13. The van der Waals surface area contributed by atoms with Crippen molar-refractivity contribution in [3.8, 4) is 0 Å². The highest BCUT2D eigenvalue weighted by atomic mass is 32.1. The average Bonchev–Trinajstić information content (AvgIpc) is 2.96. The van der Waals surface area contributed by atoms with Gasteiger partial charge >= 0.3 is 6.18 Å². The Labute approximate surface area is 144 Å². The van der Waals surface area contributed by atoms with Gasteiger partial charge in [0.2, 0.25) is 11.0 Å². The molecule has 1 aromatic heterocycles. The lowest BCUT2D eigenvalue weighted by atomic mass is 10.2. The third kappa shape index (κ3) is 5.92. The van der Waals surface area contributed by atoms with Gasteiger partial charge in [0.15, 0.2) is 0 Å². The summed E-state index contributed by atoms with van der Waals surface area (Å²) in [6, 6.07) is 3.96. The number of hydrazine groups is 1. The van der Waals surface area contributed by atoms with Crippen molar-refractivity contribution in [1.82, 2.24) is 10.4 Å². The molecule has 0 saturated heterocycles. The fourth-order valence-electron chi connectivity index (χ4n) is 1.65. The lowest BCUT2D eigenvalue weighted by molar-refractivity contribution is -0.137. The van der Waals surface area contributed by atoms with Crippen molar-refractivity contribution in [2.75, 3.05) is 10.7 Å². The minimum Gasteiger partial charge on any atom is -0.323 e. The Balaban J connectivity index is 1.82. The molecule has 0 fully saturated rings. The molecule has 132 valence electrons. The molecule has 25 heavy (non-hydrogen) atoms. The number of halogens is 3. The molecule has 6 nitrogen and oxygen atoms in total. The summed E-state index contributed by atoms with van der Waals surface area (Å²) < 4.78 is 37.3. The van der Waals surface area contributed by atoms with E-state index in [0.29, 0.717) is 5.13 Å². The van der Waals surface area contributed by atoms with E-state index >= 15 is 0 Å². The van der Waals surface area contributed by atoms with E-state index in [1.165, 1.54) is 11.3 Å². The Morgan fingerprint density at radius 2 is 1.76 bits per heavy atom. The van der Waals surface area contributed by atoms with Gasteiger partial charge in [0.1, 0.15) is 0 Å². The average molecular weight is 370 g/mol. The zero-order valence-electron chi connectivity index (χ0n) is 12.8. The summed E-state index contributed by atoms with van der Waals surface area (Å²) in [5, 5.41) is 4.64. The minimum atomic E-state index is -4.44. The zero-order chi connectivity index (χ0) is 18.4. The first-order chi connectivity index (χ1) is 11.7. The molecule has 0 radical (unpaired) electrons. The molecule has 2 amide bonds. The molecule has 0 aliphatic rings. The van der Waals surface area contributed by atoms with Crippen LogP contribution in [0.25, 0.3) is 0 Å². The summed E-state index contributed by atoms with van der Waals surface area (Å²) in [7, 11) is 0. The van der Waals surface area contributed by atoms with Crippen LogP contribution in [-0.4, -0.2) is 16.8 Å². The van der Waals surface area contributed by atoms with E-state index in [4.69, 9.17) is 0 Å². The smallest absolute Gasteiger partial charge is 0.323 e. The van der Waals surface area contributed by atoms with Crippen molar-refractivity contribution in [2.24, 2.45) is 0 Å². The molecule has 0 aliphatic heterocycles. The molecular formula is C15H13F3N4O2S. The molecule has 2 rings (SSSR count). The first-order valence-corrected chi connectivity index (χ1v) is 7.76. The second-order valence-electron chi connectivity index (χ2n) is 4.81. The van der Waals surface area contributed by atoms with Gasteiger partial charge < -0.3 is 5.32 Å². The summed E-state index contributed by atoms with van der Waals surface area (Å²) in [5.41, 5.74) is 5.06. The number of thiazole rings is 1. The maximum atomic E-state index is 12.4. The molecule has 1 heterocycles. The standard InChI is InChI=1S/C15H13F3N4O2S/c1-9-8-25-14(19-9)22-21-13(24)7-6-12(23)20-11-4-2-10(3-5-11)15(16,17)18/h2-8H,1H3,(H,19,22)(H,20,23)(H,21,24)/b7-6+. The normalized spacial score (nSPS) is 11.4. The van der Waals surface area contributed by atoms with E-state index in [0.717, 1.165) is 42.1 Å². The molecule has 0 bridgehead atoms. The Kier molecular flexibility index (Phi) is 5.75. The lowest BCUT2D eigenvalue weighted by Crippen LogP contribution is -2.27.